The number of hydrogen-bond donors (Lipinski definition) is 0. The minimum absolute atomic E-state index is 0.0622. The minimum atomic E-state index is 0.0622. The van der Waals surface area contributed by atoms with Gasteiger partial charge in [0, 0.05) is 18.4 Å². The summed E-state index contributed by atoms with van der Waals surface area (Å²) in [6, 6.07) is 0. The van der Waals surface area contributed by atoms with E-state index in [2.05, 4.69) is 25.5 Å². The molecule has 96 valence electrons. The molecule has 4 nitrogen and oxygen atoms in total. The predicted octanol–water partition coefficient (Wildman–Crippen LogP) is 2.91. The Labute approximate surface area is 115 Å². The third-order valence-electron chi connectivity index (χ3n) is 2.49. The zero-order valence-corrected chi connectivity index (χ0v) is 12.8. The van der Waals surface area contributed by atoms with Crippen LogP contribution in [-0.2, 0) is 0 Å². The van der Waals surface area contributed by atoms with Gasteiger partial charge < -0.3 is 4.90 Å². The Morgan fingerprint density at radius 2 is 2.24 bits per heavy atom. The van der Waals surface area contributed by atoms with Gasteiger partial charge in [0.2, 0.25) is 0 Å². The number of alkyl halides is 1. The Morgan fingerprint density at radius 3 is 2.76 bits per heavy atom. The van der Waals surface area contributed by atoms with Gasteiger partial charge in [-0.2, -0.15) is 0 Å². The van der Waals surface area contributed by atoms with Crippen LogP contribution in [0.3, 0.4) is 0 Å². The minimum Gasteiger partial charge on any atom is -0.338 e. The summed E-state index contributed by atoms with van der Waals surface area (Å²) in [4.78, 5) is 14.8. The van der Waals surface area contributed by atoms with Crippen molar-refractivity contribution in [2.75, 3.05) is 18.4 Å². The van der Waals surface area contributed by atoms with Crippen LogP contribution in [0.1, 0.15) is 48.5 Å². The van der Waals surface area contributed by atoms with Crippen LogP contribution in [-0.4, -0.2) is 38.8 Å². The molecule has 0 fully saturated rings. The molecule has 0 N–H and O–H groups in total. The van der Waals surface area contributed by atoms with Crippen molar-refractivity contribution in [1.29, 1.82) is 0 Å². The SMILES string of the molecule is CCN(CCCBr)C(=O)c1snnc1C(C)C. The Kier molecular flexibility index (Phi) is 6.05. The number of rotatable bonds is 6. The molecule has 1 rings (SSSR count). The standard InChI is InChI=1S/C11H18BrN3OS/c1-4-15(7-5-6-12)11(16)10-9(8(2)3)13-14-17-10/h8H,4-7H2,1-3H3. The van der Waals surface area contributed by atoms with E-state index in [9.17, 15) is 4.79 Å². The monoisotopic (exact) mass is 319 g/mol. The molecule has 17 heavy (non-hydrogen) atoms. The second-order valence-corrected chi connectivity index (χ2v) is 5.62. The lowest BCUT2D eigenvalue weighted by Crippen LogP contribution is -2.32. The summed E-state index contributed by atoms with van der Waals surface area (Å²) in [5, 5.41) is 4.96. The molecule has 1 amide bonds. The lowest BCUT2D eigenvalue weighted by molar-refractivity contribution is 0.0768. The van der Waals surface area contributed by atoms with Gasteiger partial charge in [0.1, 0.15) is 4.88 Å². The molecule has 0 aliphatic heterocycles. The van der Waals surface area contributed by atoms with E-state index in [0.29, 0.717) is 4.88 Å². The quantitative estimate of drug-likeness (QED) is 0.757. The first-order valence-electron chi connectivity index (χ1n) is 5.79. The predicted molar refractivity (Wildman–Crippen MR) is 74.0 cm³/mol. The second-order valence-electron chi connectivity index (χ2n) is 4.07. The topological polar surface area (TPSA) is 46.1 Å². The summed E-state index contributed by atoms with van der Waals surface area (Å²) >= 11 is 4.58. The lowest BCUT2D eigenvalue weighted by Gasteiger charge is -2.20. The summed E-state index contributed by atoms with van der Waals surface area (Å²) < 4.78 is 3.90. The maximum atomic E-state index is 12.3. The van der Waals surface area contributed by atoms with Crippen LogP contribution in [0.25, 0.3) is 0 Å². The van der Waals surface area contributed by atoms with E-state index in [1.54, 1.807) is 0 Å². The van der Waals surface area contributed by atoms with E-state index in [0.717, 1.165) is 30.5 Å². The molecular formula is C11H18BrN3OS. The van der Waals surface area contributed by atoms with Gasteiger partial charge in [-0.05, 0) is 30.8 Å². The fourth-order valence-electron chi connectivity index (χ4n) is 1.52. The normalized spacial score (nSPS) is 10.9. The Hall–Kier alpha value is -0.490. The number of aromatic nitrogens is 2. The Bertz CT molecular complexity index is 367. The maximum Gasteiger partial charge on any atom is 0.267 e. The molecule has 0 bridgehead atoms. The fraction of sp³-hybridized carbons (Fsp3) is 0.727. The molecule has 0 saturated heterocycles. The van der Waals surface area contributed by atoms with Gasteiger partial charge in [-0.25, -0.2) is 0 Å². The number of amides is 1. The van der Waals surface area contributed by atoms with Crippen molar-refractivity contribution in [2.45, 2.75) is 33.1 Å². The van der Waals surface area contributed by atoms with Crippen LogP contribution in [0.4, 0.5) is 0 Å². The number of halogens is 1. The molecule has 1 aromatic rings. The van der Waals surface area contributed by atoms with Gasteiger partial charge in [0.15, 0.2) is 0 Å². The summed E-state index contributed by atoms with van der Waals surface area (Å²) in [5.41, 5.74) is 0.817. The average Bonchev–Trinajstić information content (AvgIpc) is 2.78. The van der Waals surface area contributed by atoms with E-state index in [-0.39, 0.29) is 11.8 Å². The first-order valence-corrected chi connectivity index (χ1v) is 7.68. The van der Waals surface area contributed by atoms with Crippen LogP contribution in [0.2, 0.25) is 0 Å². The third kappa shape index (κ3) is 3.74. The van der Waals surface area contributed by atoms with Crippen molar-refractivity contribution in [3.63, 3.8) is 0 Å². The van der Waals surface area contributed by atoms with Crippen molar-refractivity contribution in [1.82, 2.24) is 14.5 Å². The fourth-order valence-corrected chi connectivity index (χ4v) is 2.56. The molecule has 0 spiro atoms. The molecule has 0 atom stereocenters. The van der Waals surface area contributed by atoms with Crippen molar-refractivity contribution in [3.05, 3.63) is 10.6 Å². The zero-order chi connectivity index (χ0) is 12.8. The van der Waals surface area contributed by atoms with Gasteiger partial charge in [-0.3, -0.25) is 4.79 Å². The van der Waals surface area contributed by atoms with Crippen LogP contribution in [0.15, 0.2) is 0 Å². The molecule has 0 aliphatic rings. The summed E-state index contributed by atoms with van der Waals surface area (Å²) in [5.74, 6) is 0.301. The molecule has 6 heteroatoms. The van der Waals surface area contributed by atoms with Gasteiger partial charge in [-0.15, -0.1) is 5.10 Å². The zero-order valence-electron chi connectivity index (χ0n) is 10.4. The third-order valence-corrected chi connectivity index (χ3v) is 3.78. The lowest BCUT2D eigenvalue weighted by atomic mass is 10.1. The van der Waals surface area contributed by atoms with Crippen molar-refractivity contribution in [3.8, 4) is 0 Å². The number of carbonyl (C=O) groups excluding carboxylic acids is 1. The van der Waals surface area contributed by atoms with E-state index in [4.69, 9.17) is 0 Å². The van der Waals surface area contributed by atoms with Crippen LogP contribution < -0.4 is 0 Å². The highest BCUT2D eigenvalue weighted by Crippen LogP contribution is 2.21. The van der Waals surface area contributed by atoms with Crippen molar-refractivity contribution in [2.24, 2.45) is 0 Å². The van der Waals surface area contributed by atoms with Crippen LogP contribution >= 0.6 is 27.5 Å². The first kappa shape index (κ1) is 14.6. The van der Waals surface area contributed by atoms with Gasteiger partial charge in [-0.1, -0.05) is 34.3 Å². The molecule has 0 aliphatic carbocycles. The molecule has 0 unspecified atom stereocenters. The van der Waals surface area contributed by atoms with E-state index < -0.39 is 0 Å². The average molecular weight is 320 g/mol. The van der Waals surface area contributed by atoms with E-state index in [1.165, 1.54) is 11.5 Å². The molecule has 1 heterocycles. The highest BCUT2D eigenvalue weighted by Gasteiger charge is 2.22. The molecule has 0 aromatic carbocycles. The Balaban J connectivity index is 2.82. The summed E-state index contributed by atoms with van der Waals surface area (Å²) in [6.07, 6.45) is 0.961. The second kappa shape index (κ2) is 7.06. The molecule has 0 saturated carbocycles. The number of nitrogens with zero attached hydrogens (tertiary/aromatic N) is 3. The van der Waals surface area contributed by atoms with Crippen LogP contribution in [0.5, 0.6) is 0 Å². The summed E-state index contributed by atoms with van der Waals surface area (Å²) in [6.45, 7) is 7.55. The highest BCUT2D eigenvalue weighted by molar-refractivity contribution is 9.09. The molecule has 1 aromatic heterocycles. The van der Waals surface area contributed by atoms with E-state index in [1.807, 2.05) is 25.7 Å². The number of carbonyl (C=O) groups is 1. The summed E-state index contributed by atoms with van der Waals surface area (Å²) in [7, 11) is 0. The molecule has 0 radical (unpaired) electrons. The smallest absolute Gasteiger partial charge is 0.267 e. The van der Waals surface area contributed by atoms with Crippen LogP contribution in [0, 0.1) is 0 Å². The highest BCUT2D eigenvalue weighted by atomic mass is 79.9. The van der Waals surface area contributed by atoms with Gasteiger partial charge in [0.05, 0.1) is 5.69 Å². The molecular weight excluding hydrogens is 302 g/mol. The van der Waals surface area contributed by atoms with Crippen molar-refractivity contribution >= 4 is 33.4 Å². The number of hydrogen-bond acceptors (Lipinski definition) is 4. The van der Waals surface area contributed by atoms with Gasteiger partial charge in [0.25, 0.3) is 5.91 Å². The maximum absolute atomic E-state index is 12.3. The van der Waals surface area contributed by atoms with E-state index >= 15 is 0 Å². The Morgan fingerprint density at radius 1 is 1.53 bits per heavy atom. The van der Waals surface area contributed by atoms with Crippen molar-refractivity contribution < 1.29 is 4.79 Å². The van der Waals surface area contributed by atoms with Gasteiger partial charge >= 0.3 is 0 Å². The first-order chi connectivity index (χ1) is 8.11. The largest absolute Gasteiger partial charge is 0.338 e.